The Morgan fingerprint density at radius 1 is 1.08 bits per heavy atom. The van der Waals surface area contributed by atoms with Crippen LogP contribution in [0.15, 0.2) is 16.6 Å². The van der Waals surface area contributed by atoms with E-state index in [4.69, 9.17) is 4.99 Å². The van der Waals surface area contributed by atoms with E-state index in [0.717, 1.165) is 24.2 Å². The summed E-state index contributed by atoms with van der Waals surface area (Å²) in [6, 6.07) is 0.420. The van der Waals surface area contributed by atoms with Gasteiger partial charge in [-0.05, 0) is 101 Å². The second-order valence-electron chi connectivity index (χ2n) is 10.7. The van der Waals surface area contributed by atoms with Gasteiger partial charge in [-0.2, -0.15) is 0 Å². The summed E-state index contributed by atoms with van der Waals surface area (Å²) in [5, 5.41) is 10.1. The minimum Gasteiger partial charge on any atom is -0.389 e. The summed E-state index contributed by atoms with van der Waals surface area (Å²) in [6.45, 7) is 11.9. The van der Waals surface area contributed by atoms with Crippen molar-refractivity contribution in [3.05, 3.63) is 11.6 Å². The maximum atomic E-state index is 10.1. The van der Waals surface area contributed by atoms with E-state index in [1.807, 2.05) is 0 Å². The highest BCUT2D eigenvalue weighted by Gasteiger charge is 2.59. The highest BCUT2D eigenvalue weighted by atomic mass is 16.3. The highest BCUT2D eigenvalue weighted by Crippen LogP contribution is 2.66. The molecule has 0 spiro atoms. The monoisotopic (exact) mass is 357 g/mol. The average Bonchev–Trinajstić information content (AvgIpc) is 2.92. The van der Waals surface area contributed by atoms with Crippen LogP contribution in [0.1, 0.15) is 86.0 Å². The van der Waals surface area contributed by atoms with Gasteiger partial charge in [-0.3, -0.25) is 4.99 Å². The molecular formula is C24H39NO. The van der Waals surface area contributed by atoms with E-state index in [-0.39, 0.29) is 6.10 Å². The van der Waals surface area contributed by atoms with Crippen LogP contribution >= 0.6 is 0 Å². The Bertz CT molecular complexity index is 620. The molecule has 4 aliphatic rings. The second-order valence-corrected chi connectivity index (χ2v) is 10.7. The van der Waals surface area contributed by atoms with E-state index in [0.29, 0.717) is 22.8 Å². The quantitative estimate of drug-likeness (QED) is 0.492. The first kappa shape index (κ1) is 18.7. The lowest BCUT2D eigenvalue weighted by molar-refractivity contribution is -0.0476. The molecular weight excluding hydrogens is 318 g/mol. The molecule has 0 bridgehead atoms. The van der Waals surface area contributed by atoms with Gasteiger partial charge in [0.2, 0.25) is 0 Å². The van der Waals surface area contributed by atoms with E-state index in [9.17, 15) is 5.11 Å². The third kappa shape index (κ3) is 2.74. The topological polar surface area (TPSA) is 32.6 Å². The SMILES string of the molecule is CC(=NC(C)C)[C@H]1CC[C@H]2[C@@H]3CCC4=C[C@H](O)CC[C@]4(C)[C@H]3CC[C@]12C. The van der Waals surface area contributed by atoms with Gasteiger partial charge in [-0.15, -0.1) is 0 Å². The van der Waals surface area contributed by atoms with Crippen LogP contribution in [0.4, 0.5) is 0 Å². The molecule has 2 nitrogen and oxygen atoms in total. The number of nitrogens with zero attached hydrogens (tertiary/aromatic N) is 1. The van der Waals surface area contributed by atoms with Gasteiger partial charge >= 0.3 is 0 Å². The fourth-order valence-corrected chi connectivity index (χ4v) is 7.89. The van der Waals surface area contributed by atoms with Crippen molar-refractivity contribution in [2.45, 2.75) is 98.1 Å². The molecule has 2 heteroatoms. The zero-order chi connectivity index (χ0) is 18.7. The minimum absolute atomic E-state index is 0.186. The summed E-state index contributed by atoms with van der Waals surface area (Å²) in [6.07, 6.45) is 12.3. The van der Waals surface area contributed by atoms with Gasteiger partial charge < -0.3 is 5.11 Å². The molecule has 1 N–H and O–H groups in total. The number of allylic oxidation sites excluding steroid dienone is 1. The van der Waals surface area contributed by atoms with Crippen molar-refractivity contribution in [1.29, 1.82) is 0 Å². The summed E-state index contributed by atoms with van der Waals surface area (Å²) in [5.74, 6) is 3.32. The van der Waals surface area contributed by atoms with Crippen molar-refractivity contribution >= 4 is 5.71 Å². The molecule has 3 fully saturated rings. The number of hydrogen-bond donors (Lipinski definition) is 1. The molecule has 0 heterocycles. The zero-order valence-corrected chi connectivity index (χ0v) is 17.6. The van der Waals surface area contributed by atoms with Crippen LogP contribution in [0.25, 0.3) is 0 Å². The van der Waals surface area contributed by atoms with Crippen LogP contribution < -0.4 is 0 Å². The number of rotatable bonds is 2. The van der Waals surface area contributed by atoms with Gasteiger partial charge in [0.05, 0.1) is 6.10 Å². The van der Waals surface area contributed by atoms with Crippen LogP contribution in [-0.2, 0) is 0 Å². The Morgan fingerprint density at radius 2 is 1.85 bits per heavy atom. The minimum atomic E-state index is -0.186. The first-order valence-corrected chi connectivity index (χ1v) is 11.2. The predicted molar refractivity (Wildman–Crippen MR) is 109 cm³/mol. The lowest BCUT2D eigenvalue weighted by Gasteiger charge is -2.58. The normalized spacial score (nSPS) is 48.7. The Hall–Kier alpha value is -0.630. The summed E-state index contributed by atoms with van der Waals surface area (Å²) in [7, 11) is 0. The number of aliphatic hydroxyl groups is 1. The van der Waals surface area contributed by atoms with Crippen molar-refractivity contribution in [1.82, 2.24) is 0 Å². The second kappa shape index (κ2) is 6.47. The van der Waals surface area contributed by atoms with E-state index >= 15 is 0 Å². The third-order valence-corrected chi connectivity index (χ3v) is 9.06. The van der Waals surface area contributed by atoms with Gasteiger partial charge in [0.15, 0.2) is 0 Å². The molecule has 0 aliphatic heterocycles. The molecule has 26 heavy (non-hydrogen) atoms. The summed E-state index contributed by atoms with van der Waals surface area (Å²) < 4.78 is 0. The standard InChI is InChI=1S/C24H39NO/c1-15(2)25-16(3)20-8-9-21-19-7-6-17-14-18(26)10-12-23(17,4)22(19)11-13-24(20,21)5/h14-15,18-22,26H,6-13H2,1-5H3/t18-,19+,20-,21+,22+,23+,24-/m1/s1. The van der Waals surface area contributed by atoms with E-state index in [1.54, 1.807) is 5.57 Å². The molecule has 3 saturated carbocycles. The number of fused-ring (bicyclic) bond motifs is 5. The molecule has 4 aliphatic carbocycles. The van der Waals surface area contributed by atoms with Crippen molar-refractivity contribution in [3.63, 3.8) is 0 Å². The van der Waals surface area contributed by atoms with Crippen LogP contribution in [0.2, 0.25) is 0 Å². The Kier molecular flexibility index (Phi) is 4.66. The van der Waals surface area contributed by atoms with Crippen LogP contribution in [-0.4, -0.2) is 23.0 Å². The molecule has 0 saturated heterocycles. The van der Waals surface area contributed by atoms with Gasteiger partial charge in [0.1, 0.15) is 0 Å². The average molecular weight is 358 g/mol. The first-order valence-electron chi connectivity index (χ1n) is 11.2. The molecule has 146 valence electrons. The van der Waals surface area contributed by atoms with Crippen molar-refractivity contribution in [2.75, 3.05) is 0 Å². The fraction of sp³-hybridized carbons (Fsp3) is 0.875. The van der Waals surface area contributed by atoms with Gasteiger partial charge in [-0.25, -0.2) is 0 Å². The predicted octanol–water partition coefficient (Wildman–Crippen LogP) is 5.80. The molecule has 0 aromatic heterocycles. The summed E-state index contributed by atoms with van der Waals surface area (Å²) >= 11 is 0. The lowest BCUT2D eigenvalue weighted by Crippen LogP contribution is -2.51. The van der Waals surface area contributed by atoms with Crippen molar-refractivity contribution < 1.29 is 5.11 Å². The fourth-order valence-electron chi connectivity index (χ4n) is 7.89. The molecule has 0 aromatic carbocycles. The number of aliphatic hydroxyl groups excluding tert-OH is 1. The van der Waals surface area contributed by atoms with Gasteiger partial charge in [-0.1, -0.05) is 25.5 Å². The Morgan fingerprint density at radius 3 is 2.58 bits per heavy atom. The smallest absolute Gasteiger partial charge is 0.0724 e. The zero-order valence-electron chi connectivity index (χ0n) is 17.6. The third-order valence-electron chi connectivity index (χ3n) is 9.06. The van der Waals surface area contributed by atoms with E-state index in [1.165, 1.54) is 50.7 Å². The van der Waals surface area contributed by atoms with Crippen molar-refractivity contribution in [3.8, 4) is 0 Å². The van der Waals surface area contributed by atoms with E-state index < -0.39 is 0 Å². The highest BCUT2D eigenvalue weighted by molar-refractivity contribution is 5.85. The lowest BCUT2D eigenvalue weighted by atomic mass is 9.46. The molecule has 0 aromatic rings. The Labute approximate surface area is 160 Å². The molecule has 0 radical (unpaired) electrons. The van der Waals surface area contributed by atoms with Crippen LogP contribution in [0.5, 0.6) is 0 Å². The molecule has 0 unspecified atom stereocenters. The largest absolute Gasteiger partial charge is 0.389 e. The Balaban J connectivity index is 1.61. The maximum Gasteiger partial charge on any atom is 0.0724 e. The number of hydrogen-bond acceptors (Lipinski definition) is 2. The van der Waals surface area contributed by atoms with Crippen LogP contribution in [0, 0.1) is 34.5 Å². The molecule has 7 atom stereocenters. The maximum absolute atomic E-state index is 10.1. The van der Waals surface area contributed by atoms with Crippen LogP contribution in [0.3, 0.4) is 0 Å². The first-order chi connectivity index (χ1) is 12.3. The summed E-state index contributed by atoms with van der Waals surface area (Å²) in [4.78, 5) is 4.97. The number of aliphatic imine (C=N–C) groups is 1. The molecule has 4 rings (SSSR count). The molecule has 0 amide bonds. The van der Waals surface area contributed by atoms with E-state index in [2.05, 4.69) is 40.7 Å². The van der Waals surface area contributed by atoms with Crippen molar-refractivity contribution in [2.24, 2.45) is 39.5 Å². The summed E-state index contributed by atoms with van der Waals surface area (Å²) in [5.41, 5.74) is 3.85. The van der Waals surface area contributed by atoms with Gasteiger partial charge in [0.25, 0.3) is 0 Å². The van der Waals surface area contributed by atoms with Gasteiger partial charge in [0, 0.05) is 17.7 Å².